The van der Waals surface area contributed by atoms with Gasteiger partial charge in [-0.25, -0.2) is 4.98 Å². The monoisotopic (exact) mass is 379 g/mol. The van der Waals surface area contributed by atoms with E-state index in [1.807, 2.05) is 17.0 Å². The van der Waals surface area contributed by atoms with Gasteiger partial charge in [0.15, 0.2) is 0 Å². The topological polar surface area (TPSA) is 56.7 Å². The summed E-state index contributed by atoms with van der Waals surface area (Å²) in [5, 5.41) is 9.65. The fourth-order valence-corrected chi connectivity index (χ4v) is 4.34. The number of aromatic nitrogens is 1. The molecule has 0 bridgehead atoms. The van der Waals surface area contributed by atoms with Crippen LogP contribution in [0.3, 0.4) is 0 Å². The maximum Gasteiger partial charge on any atom is 0.255 e. The Morgan fingerprint density at radius 3 is 2.43 bits per heavy atom. The van der Waals surface area contributed by atoms with Crippen LogP contribution in [-0.4, -0.2) is 53.2 Å². The number of hydrogen-bond donors (Lipinski definition) is 1. The zero-order chi connectivity index (χ0) is 19.3. The van der Waals surface area contributed by atoms with Crippen molar-refractivity contribution in [2.75, 3.05) is 31.1 Å². The van der Waals surface area contributed by atoms with Crippen LogP contribution in [0.25, 0.3) is 0 Å². The Kier molecular flexibility index (Phi) is 5.91. The minimum Gasteiger partial charge on any atom is -0.393 e. The molecule has 1 aromatic carbocycles. The normalized spacial score (nSPS) is 21.4. The molecule has 2 aliphatic heterocycles. The summed E-state index contributed by atoms with van der Waals surface area (Å²) in [6, 6.07) is 14.5. The van der Waals surface area contributed by atoms with Gasteiger partial charge in [0.05, 0.1) is 11.7 Å². The summed E-state index contributed by atoms with van der Waals surface area (Å²) in [5.74, 6) is 1.51. The molecule has 148 valence electrons. The van der Waals surface area contributed by atoms with Gasteiger partial charge < -0.3 is 14.9 Å². The highest BCUT2D eigenvalue weighted by Crippen LogP contribution is 2.28. The molecule has 1 N–H and O–H groups in total. The van der Waals surface area contributed by atoms with Crippen LogP contribution >= 0.6 is 0 Å². The number of aliphatic hydroxyl groups is 1. The Morgan fingerprint density at radius 2 is 1.71 bits per heavy atom. The Morgan fingerprint density at radius 1 is 0.929 bits per heavy atom. The van der Waals surface area contributed by atoms with Gasteiger partial charge in [0, 0.05) is 32.4 Å². The summed E-state index contributed by atoms with van der Waals surface area (Å²) in [5.41, 5.74) is 2.05. The molecule has 28 heavy (non-hydrogen) atoms. The van der Waals surface area contributed by atoms with Crippen molar-refractivity contribution in [2.24, 2.45) is 0 Å². The van der Waals surface area contributed by atoms with Crippen LogP contribution in [0.5, 0.6) is 0 Å². The molecule has 2 fully saturated rings. The Bertz CT molecular complexity index is 770. The number of carbonyl (C=O) groups is 1. The molecule has 4 rings (SSSR count). The van der Waals surface area contributed by atoms with E-state index in [2.05, 4.69) is 40.2 Å². The third kappa shape index (κ3) is 4.36. The summed E-state index contributed by atoms with van der Waals surface area (Å²) in [6.45, 7) is 3.24. The first-order valence-electron chi connectivity index (χ1n) is 10.4. The first-order chi connectivity index (χ1) is 13.7. The molecule has 5 heteroatoms. The molecule has 1 amide bonds. The lowest BCUT2D eigenvalue weighted by atomic mass is 9.92. The zero-order valence-corrected chi connectivity index (χ0v) is 16.3. The van der Waals surface area contributed by atoms with Crippen molar-refractivity contribution in [1.29, 1.82) is 0 Å². The Balaban J connectivity index is 1.37. The molecule has 0 aliphatic carbocycles. The second kappa shape index (κ2) is 8.74. The smallest absolute Gasteiger partial charge is 0.255 e. The number of benzene rings is 1. The molecule has 2 saturated heterocycles. The van der Waals surface area contributed by atoms with E-state index in [1.54, 1.807) is 6.20 Å². The van der Waals surface area contributed by atoms with E-state index in [4.69, 9.17) is 0 Å². The highest BCUT2D eigenvalue weighted by atomic mass is 16.3. The van der Waals surface area contributed by atoms with Gasteiger partial charge in [-0.05, 0) is 55.7 Å². The first-order valence-corrected chi connectivity index (χ1v) is 10.4. The van der Waals surface area contributed by atoms with Gasteiger partial charge in [-0.1, -0.05) is 30.3 Å². The van der Waals surface area contributed by atoms with Crippen molar-refractivity contribution in [1.82, 2.24) is 9.88 Å². The summed E-state index contributed by atoms with van der Waals surface area (Å²) in [7, 11) is 0. The number of nitrogens with zero attached hydrogens (tertiary/aromatic N) is 3. The van der Waals surface area contributed by atoms with Crippen LogP contribution in [0.15, 0.2) is 48.7 Å². The summed E-state index contributed by atoms with van der Waals surface area (Å²) in [6.07, 6.45) is 6.25. The fourth-order valence-electron chi connectivity index (χ4n) is 4.34. The molecule has 1 aromatic heterocycles. The number of amides is 1. The van der Waals surface area contributed by atoms with Crippen molar-refractivity contribution in [3.63, 3.8) is 0 Å². The SMILES string of the molecule is O=C(c1ccc(N2CCC(O)CC2)nc1)N1CCC[C@@H](c2ccccc2)CC1. The number of aliphatic hydroxyl groups excluding tert-OH is 1. The van der Waals surface area contributed by atoms with Crippen molar-refractivity contribution >= 4 is 11.7 Å². The molecule has 0 unspecified atom stereocenters. The zero-order valence-electron chi connectivity index (χ0n) is 16.3. The van der Waals surface area contributed by atoms with E-state index < -0.39 is 0 Å². The molecule has 1 atom stereocenters. The predicted octanol–water partition coefficient (Wildman–Crippen LogP) is 3.45. The van der Waals surface area contributed by atoms with Crippen molar-refractivity contribution in [3.8, 4) is 0 Å². The van der Waals surface area contributed by atoms with Gasteiger partial charge >= 0.3 is 0 Å². The molecule has 2 aliphatic rings. The molecule has 2 aromatic rings. The van der Waals surface area contributed by atoms with Gasteiger partial charge in [-0.3, -0.25) is 4.79 Å². The van der Waals surface area contributed by atoms with Crippen molar-refractivity contribution in [3.05, 3.63) is 59.8 Å². The molecule has 0 spiro atoms. The number of likely N-dealkylation sites (tertiary alicyclic amines) is 1. The number of anilines is 1. The fraction of sp³-hybridized carbons (Fsp3) is 0.478. The Hall–Kier alpha value is -2.40. The second-order valence-electron chi connectivity index (χ2n) is 7.95. The number of carbonyl (C=O) groups excluding carboxylic acids is 1. The number of piperidine rings is 1. The van der Waals surface area contributed by atoms with Gasteiger partial charge in [-0.15, -0.1) is 0 Å². The van der Waals surface area contributed by atoms with Gasteiger partial charge in [0.2, 0.25) is 0 Å². The third-order valence-corrected chi connectivity index (χ3v) is 6.07. The molecular weight excluding hydrogens is 350 g/mol. The summed E-state index contributed by atoms with van der Waals surface area (Å²) in [4.78, 5) is 21.7. The van der Waals surface area contributed by atoms with Gasteiger partial charge in [0.25, 0.3) is 5.91 Å². The van der Waals surface area contributed by atoms with Gasteiger partial charge in [0.1, 0.15) is 5.82 Å². The maximum absolute atomic E-state index is 13.0. The second-order valence-corrected chi connectivity index (χ2v) is 7.95. The molecule has 5 nitrogen and oxygen atoms in total. The number of pyridine rings is 1. The largest absolute Gasteiger partial charge is 0.393 e. The third-order valence-electron chi connectivity index (χ3n) is 6.07. The Labute approximate surface area is 167 Å². The van der Waals surface area contributed by atoms with E-state index in [0.29, 0.717) is 11.5 Å². The van der Waals surface area contributed by atoms with E-state index in [1.165, 1.54) is 5.56 Å². The van der Waals surface area contributed by atoms with E-state index in [0.717, 1.165) is 64.1 Å². The van der Waals surface area contributed by atoms with Crippen LogP contribution in [0.2, 0.25) is 0 Å². The summed E-state index contributed by atoms with van der Waals surface area (Å²) < 4.78 is 0. The van der Waals surface area contributed by atoms with E-state index >= 15 is 0 Å². The number of hydrogen-bond acceptors (Lipinski definition) is 4. The minimum absolute atomic E-state index is 0.0850. The van der Waals surface area contributed by atoms with Crippen LogP contribution in [0.4, 0.5) is 5.82 Å². The highest BCUT2D eigenvalue weighted by molar-refractivity contribution is 5.94. The molecular formula is C23H29N3O2. The van der Waals surface area contributed by atoms with E-state index in [9.17, 15) is 9.90 Å². The lowest BCUT2D eigenvalue weighted by Crippen LogP contribution is -2.36. The lowest BCUT2D eigenvalue weighted by Gasteiger charge is -2.30. The molecule has 0 radical (unpaired) electrons. The molecule has 0 saturated carbocycles. The lowest BCUT2D eigenvalue weighted by molar-refractivity contribution is 0.0760. The maximum atomic E-state index is 13.0. The number of rotatable bonds is 3. The average molecular weight is 380 g/mol. The molecule has 3 heterocycles. The summed E-state index contributed by atoms with van der Waals surface area (Å²) >= 11 is 0. The van der Waals surface area contributed by atoms with E-state index in [-0.39, 0.29) is 12.0 Å². The first kappa shape index (κ1) is 18.9. The van der Waals surface area contributed by atoms with Crippen molar-refractivity contribution in [2.45, 2.75) is 44.1 Å². The standard InChI is InChI=1S/C23H29N3O2/c27-21-11-15-25(16-12-21)22-9-8-20(17-24-22)23(28)26-13-4-7-19(10-14-26)18-5-2-1-3-6-18/h1-3,5-6,8-9,17,19,21,27H,4,7,10-16H2/t19-/m1/s1. The quantitative estimate of drug-likeness (QED) is 0.887. The van der Waals surface area contributed by atoms with Crippen molar-refractivity contribution < 1.29 is 9.90 Å². The highest BCUT2D eigenvalue weighted by Gasteiger charge is 2.23. The minimum atomic E-state index is -0.195. The van der Waals surface area contributed by atoms with Crippen LogP contribution in [0.1, 0.15) is 53.9 Å². The van der Waals surface area contributed by atoms with Crippen LogP contribution < -0.4 is 4.90 Å². The van der Waals surface area contributed by atoms with Crippen LogP contribution in [-0.2, 0) is 0 Å². The van der Waals surface area contributed by atoms with Gasteiger partial charge in [-0.2, -0.15) is 0 Å². The van der Waals surface area contributed by atoms with Crippen LogP contribution in [0, 0.1) is 0 Å². The average Bonchev–Trinajstić information content (AvgIpc) is 3.01. The predicted molar refractivity (Wildman–Crippen MR) is 111 cm³/mol.